The number of ether oxygens (including phenoxy) is 1. The second-order valence-electron chi connectivity index (χ2n) is 8.94. The number of carbonyl (C=O) groups excluding carboxylic acids is 2. The van der Waals surface area contributed by atoms with E-state index in [1.54, 1.807) is 6.08 Å². The Bertz CT molecular complexity index is 1230. The Labute approximate surface area is 216 Å². The van der Waals surface area contributed by atoms with Crippen LogP contribution in [0.4, 0.5) is 5.69 Å². The van der Waals surface area contributed by atoms with Gasteiger partial charge in [-0.05, 0) is 31.0 Å². The standard InChI is InChI=1S/C26H30N6O3.ClH/c1-35-23(34)10-9-21-24-25(20(17-28-26(24)30-29-21)18-6-3-2-4-7-18)32-14-12-31(13-15-32)22(33)16-19-8-5-11-27-19;/h2-4,6-7,9-10,17,19,27H,5,8,11-16H2,1H3,(H,28,29,30);1H/t19-;/m0./s1. The maximum atomic E-state index is 12.9. The average molecular weight is 511 g/mol. The summed E-state index contributed by atoms with van der Waals surface area (Å²) in [4.78, 5) is 33.5. The van der Waals surface area contributed by atoms with E-state index in [9.17, 15) is 9.59 Å². The molecule has 36 heavy (non-hydrogen) atoms. The van der Waals surface area contributed by atoms with Gasteiger partial charge in [0.2, 0.25) is 5.91 Å². The Hall–Kier alpha value is -3.43. The van der Waals surface area contributed by atoms with E-state index in [0.717, 1.165) is 41.6 Å². The molecule has 0 unspecified atom stereocenters. The lowest BCUT2D eigenvalue weighted by atomic mass is 10.0. The molecule has 2 N–H and O–H groups in total. The maximum absolute atomic E-state index is 12.9. The third kappa shape index (κ3) is 5.37. The first kappa shape index (κ1) is 25.7. The van der Waals surface area contributed by atoms with Gasteiger partial charge >= 0.3 is 5.97 Å². The number of piperazine rings is 1. The zero-order valence-electron chi connectivity index (χ0n) is 20.3. The number of benzene rings is 1. The lowest BCUT2D eigenvalue weighted by Crippen LogP contribution is -2.50. The quantitative estimate of drug-likeness (QED) is 0.388. The third-order valence-corrected chi connectivity index (χ3v) is 6.79. The number of pyridine rings is 1. The number of hydrogen-bond donors (Lipinski definition) is 2. The van der Waals surface area contributed by atoms with Crippen molar-refractivity contribution >= 4 is 47.1 Å². The van der Waals surface area contributed by atoms with E-state index in [0.29, 0.717) is 50.0 Å². The van der Waals surface area contributed by atoms with Crippen molar-refractivity contribution in [3.8, 4) is 11.1 Å². The summed E-state index contributed by atoms with van der Waals surface area (Å²) in [7, 11) is 1.35. The van der Waals surface area contributed by atoms with E-state index in [2.05, 4.69) is 37.5 Å². The van der Waals surface area contributed by atoms with Crippen molar-refractivity contribution in [2.24, 2.45) is 0 Å². The van der Waals surface area contributed by atoms with Gasteiger partial charge in [0.1, 0.15) is 0 Å². The number of esters is 1. The van der Waals surface area contributed by atoms with Gasteiger partial charge in [-0.15, -0.1) is 12.4 Å². The average Bonchev–Trinajstić information content (AvgIpc) is 3.57. The molecule has 9 nitrogen and oxygen atoms in total. The normalized spacial score (nSPS) is 18.0. The number of nitrogens with one attached hydrogen (secondary N) is 2. The number of aromatic nitrogens is 3. The number of aromatic amines is 1. The summed E-state index contributed by atoms with van der Waals surface area (Å²) in [5.74, 6) is -0.220. The van der Waals surface area contributed by atoms with Crippen LogP contribution in [0.3, 0.4) is 0 Å². The van der Waals surface area contributed by atoms with E-state index in [4.69, 9.17) is 4.74 Å². The molecule has 1 amide bonds. The highest BCUT2D eigenvalue weighted by molar-refractivity contribution is 6.03. The Morgan fingerprint density at radius 2 is 1.94 bits per heavy atom. The van der Waals surface area contributed by atoms with E-state index in [-0.39, 0.29) is 18.3 Å². The number of carbonyl (C=O) groups is 2. The van der Waals surface area contributed by atoms with Crippen molar-refractivity contribution in [3.05, 3.63) is 48.3 Å². The molecule has 2 aromatic heterocycles. The largest absolute Gasteiger partial charge is 0.466 e. The van der Waals surface area contributed by atoms with Crippen LogP contribution in [-0.4, -0.2) is 77.8 Å². The fourth-order valence-corrected chi connectivity index (χ4v) is 4.94. The summed E-state index contributed by atoms with van der Waals surface area (Å²) in [6.07, 6.45) is 7.69. The number of nitrogens with zero attached hydrogens (tertiary/aromatic N) is 4. The first-order valence-corrected chi connectivity index (χ1v) is 12.1. The van der Waals surface area contributed by atoms with Gasteiger partial charge < -0.3 is 19.9 Å². The van der Waals surface area contributed by atoms with Crippen LogP contribution in [0.2, 0.25) is 0 Å². The van der Waals surface area contributed by atoms with Gasteiger partial charge in [0.05, 0.1) is 23.9 Å². The molecule has 0 aliphatic carbocycles. The maximum Gasteiger partial charge on any atom is 0.330 e. The lowest BCUT2D eigenvalue weighted by molar-refractivity contribution is -0.135. The molecule has 2 saturated heterocycles. The summed E-state index contributed by atoms with van der Waals surface area (Å²) in [6, 6.07) is 10.4. The molecule has 2 aliphatic rings. The van der Waals surface area contributed by atoms with Crippen LogP contribution in [0.25, 0.3) is 28.2 Å². The number of halogens is 1. The molecule has 5 rings (SSSR count). The smallest absolute Gasteiger partial charge is 0.330 e. The van der Waals surface area contributed by atoms with Crippen molar-refractivity contribution in [3.63, 3.8) is 0 Å². The molecule has 4 heterocycles. The summed E-state index contributed by atoms with van der Waals surface area (Å²) in [5, 5.41) is 11.7. The molecule has 3 aromatic rings. The SMILES string of the molecule is COC(=O)C=Cc1[nH]nc2ncc(-c3ccccc3)c(N3CCN(C(=O)C[C@@H]4CCCN4)CC3)c12.Cl. The molecule has 1 aromatic carbocycles. The summed E-state index contributed by atoms with van der Waals surface area (Å²) < 4.78 is 4.75. The third-order valence-electron chi connectivity index (χ3n) is 6.79. The van der Waals surface area contributed by atoms with Gasteiger partial charge in [0.15, 0.2) is 5.65 Å². The minimum Gasteiger partial charge on any atom is -0.466 e. The molecule has 10 heteroatoms. The van der Waals surface area contributed by atoms with Crippen molar-refractivity contribution in [1.82, 2.24) is 25.4 Å². The summed E-state index contributed by atoms with van der Waals surface area (Å²) in [6.45, 7) is 3.73. The highest BCUT2D eigenvalue weighted by Crippen LogP contribution is 2.38. The van der Waals surface area contributed by atoms with Crippen molar-refractivity contribution in [1.29, 1.82) is 0 Å². The molecule has 1 atom stereocenters. The Balaban J connectivity index is 0.00000304. The van der Waals surface area contributed by atoms with Crippen molar-refractivity contribution < 1.29 is 14.3 Å². The van der Waals surface area contributed by atoms with Gasteiger partial charge in [-0.2, -0.15) is 5.10 Å². The highest BCUT2D eigenvalue weighted by Gasteiger charge is 2.28. The van der Waals surface area contributed by atoms with Crippen LogP contribution >= 0.6 is 12.4 Å². The van der Waals surface area contributed by atoms with Crippen LogP contribution < -0.4 is 10.2 Å². The molecule has 190 valence electrons. The van der Waals surface area contributed by atoms with Gasteiger partial charge in [-0.1, -0.05) is 30.3 Å². The first-order chi connectivity index (χ1) is 17.1. The first-order valence-electron chi connectivity index (χ1n) is 12.1. The molecular formula is C26H31ClN6O3. The fourth-order valence-electron chi connectivity index (χ4n) is 4.94. The zero-order chi connectivity index (χ0) is 24.2. The number of amides is 1. The van der Waals surface area contributed by atoms with Crippen molar-refractivity contribution in [2.45, 2.75) is 25.3 Å². The predicted octanol–water partition coefficient (Wildman–Crippen LogP) is 3.02. The minimum atomic E-state index is -0.439. The van der Waals surface area contributed by atoms with Crippen molar-refractivity contribution in [2.75, 3.05) is 44.7 Å². The lowest BCUT2D eigenvalue weighted by Gasteiger charge is -2.37. The molecular weight excluding hydrogens is 480 g/mol. The topological polar surface area (TPSA) is 103 Å². The molecule has 0 saturated carbocycles. The zero-order valence-corrected chi connectivity index (χ0v) is 21.1. The molecule has 0 radical (unpaired) electrons. The Morgan fingerprint density at radius 3 is 2.64 bits per heavy atom. The Kier molecular flexibility index (Phi) is 8.22. The van der Waals surface area contributed by atoms with Crippen LogP contribution in [-0.2, 0) is 14.3 Å². The van der Waals surface area contributed by atoms with Crippen LogP contribution in [0.1, 0.15) is 25.0 Å². The van der Waals surface area contributed by atoms with E-state index in [1.165, 1.54) is 13.2 Å². The number of hydrogen-bond acceptors (Lipinski definition) is 7. The van der Waals surface area contributed by atoms with E-state index in [1.807, 2.05) is 29.3 Å². The molecule has 0 spiro atoms. The van der Waals surface area contributed by atoms with Crippen LogP contribution in [0.5, 0.6) is 0 Å². The number of methoxy groups -OCH3 is 1. The van der Waals surface area contributed by atoms with Gasteiger partial charge in [-0.3, -0.25) is 9.89 Å². The molecule has 2 fully saturated rings. The fraction of sp³-hybridized carbons (Fsp3) is 0.385. The Morgan fingerprint density at radius 1 is 1.17 bits per heavy atom. The summed E-state index contributed by atoms with van der Waals surface area (Å²) in [5.41, 5.74) is 4.31. The van der Waals surface area contributed by atoms with E-state index >= 15 is 0 Å². The minimum absolute atomic E-state index is 0. The number of anilines is 1. The summed E-state index contributed by atoms with van der Waals surface area (Å²) >= 11 is 0. The monoisotopic (exact) mass is 510 g/mol. The van der Waals surface area contributed by atoms with Gasteiger partial charge in [0.25, 0.3) is 0 Å². The second kappa shape index (κ2) is 11.5. The van der Waals surface area contributed by atoms with Gasteiger partial charge in [0, 0.05) is 56.5 Å². The van der Waals surface area contributed by atoms with Crippen LogP contribution in [0.15, 0.2) is 42.6 Å². The second-order valence-corrected chi connectivity index (χ2v) is 8.94. The molecule has 2 aliphatic heterocycles. The van der Waals surface area contributed by atoms with Crippen LogP contribution in [0, 0.1) is 0 Å². The number of rotatable bonds is 6. The van der Waals surface area contributed by atoms with E-state index < -0.39 is 5.97 Å². The number of H-pyrrole nitrogens is 1. The van der Waals surface area contributed by atoms with Gasteiger partial charge in [-0.25, -0.2) is 9.78 Å². The number of fused-ring (bicyclic) bond motifs is 1. The predicted molar refractivity (Wildman–Crippen MR) is 142 cm³/mol. The molecule has 0 bridgehead atoms. The highest BCUT2D eigenvalue weighted by atomic mass is 35.5.